The van der Waals surface area contributed by atoms with Gasteiger partial charge in [-0.15, -0.1) is 0 Å². The average molecular weight is 1290 g/mol. The van der Waals surface area contributed by atoms with Crippen molar-refractivity contribution in [3.63, 3.8) is 0 Å². The van der Waals surface area contributed by atoms with Gasteiger partial charge in [0.25, 0.3) is 5.91 Å². The van der Waals surface area contributed by atoms with Crippen molar-refractivity contribution in [2.45, 2.75) is 57.0 Å². The van der Waals surface area contributed by atoms with Crippen molar-refractivity contribution >= 4 is 97.6 Å². The number of halogens is 6. The van der Waals surface area contributed by atoms with E-state index < -0.39 is 58.1 Å². The highest BCUT2D eigenvalue weighted by atomic mass is 35.5. The topological polar surface area (TPSA) is 224 Å². The molecule has 24 heteroatoms. The molecule has 2 fully saturated rings. The van der Waals surface area contributed by atoms with Crippen LogP contribution in [0.3, 0.4) is 0 Å². The number of carbonyl (C=O) groups is 4. The average Bonchev–Trinajstić information content (AvgIpc) is 1.50. The Hall–Kier alpha value is -8.23. The molecule has 90 heavy (non-hydrogen) atoms. The van der Waals surface area contributed by atoms with Gasteiger partial charge in [-0.25, -0.2) is 18.2 Å². The Bertz CT molecular complexity index is 3920. The number of aromatic hydroxyl groups is 1. The molecule has 1 aromatic heterocycles. The van der Waals surface area contributed by atoms with Crippen LogP contribution in [0, 0.1) is 34.2 Å². The predicted molar refractivity (Wildman–Crippen MR) is 342 cm³/mol. The Morgan fingerprint density at radius 2 is 1.62 bits per heavy atom. The highest BCUT2D eigenvalue weighted by Gasteiger charge is 2.61. The lowest BCUT2D eigenvalue weighted by Gasteiger charge is -2.37. The number of phenolic OH excluding ortho intramolecular Hbond substituents is 1. The number of benzene rings is 6. The molecule has 0 spiro atoms. The maximum Gasteiger partial charge on any atom is 0.251 e. The Balaban J connectivity index is 0.754. The maximum absolute atomic E-state index is 17.1. The fourth-order valence-electron chi connectivity index (χ4n) is 11.7. The minimum absolute atomic E-state index is 0.0266. The number of ether oxygens (including phenoxy) is 3. The molecule has 0 radical (unpaired) electrons. The summed E-state index contributed by atoms with van der Waals surface area (Å²) in [7, 11) is 3.00. The minimum atomic E-state index is -1.84. The van der Waals surface area contributed by atoms with E-state index in [1.807, 2.05) is 49.9 Å². The zero-order valence-corrected chi connectivity index (χ0v) is 52.5. The van der Waals surface area contributed by atoms with E-state index in [9.17, 15) is 29.5 Å². The van der Waals surface area contributed by atoms with Gasteiger partial charge in [-0.1, -0.05) is 105 Å². The van der Waals surface area contributed by atoms with Gasteiger partial charge in [0.15, 0.2) is 5.82 Å². The van der Waals surface area contributed by atoms with Crippen LogP contribution in [0.25, 0.3) is 32.8 Å². The van der Waals surface area contributed by atoms with Crippen molar-refractivity contribution in [2.75, 3.05) is 102 Å². The van der Waals surface area contributed by atoms with Gasteiger partial charge in [0.05, 0.1) is 61.4 Å². The SMILES string of the molecule is C=CC(=O)N1CCN(c2nc(NCCC(=O)N(C)CCOCCOCCNC(=O)c3ccc(NC(=O)C4NC(CC(C)(C)C)C(C#N)(c5ccc(Cl)cc5F)C4c4cccc(Cl)c4F)c(OC)c3)nc3c(F)c(-c4cc(O)cc5ccccc45)c(Cl)cc23)CC1. The molecule has 0 saturated carbocycles. The molecule has 4 atom stereocenters. The summed E-state index contributed by atoms with van der Waals surface area (Å²) >= 11 is 19.4. The number of hydrogen-bond donors (Lipinski definition) is 5. The molecule has 6 aromatic carbocycles. The highest BCUT2D eigenvalue weighted by Crippen LogP contribution is 2.53. The van der Waals surface area contributed by atoms with E-state index in [0.29, 0.717) is 53.7 Å². The summed E-state index contributed by atoms with van der Waals surface area (Å²) in [6, 6.07) is 24.6. The lowest BCUT2D eigenvalue weighted by atomic mass is 9.62. The number of piperazine rings is 1. The van der Waals surface area contributed by atoms with Crippen LogP contribution in [0.5, 0.6) is 11.5 Å². The zero-order chi connectivity index (χ0) is 64.6. The summed E-state index contributed by atoms with van der Waals surface area (Å²) in [5, 5.41) is 35.5. The molecular weight excluding hydrogens is 1220 g/mol. The third kappa shape index (κ3) is 14.5. The van der Waals surface area contributed by atoms with Gasteiger partial charge < -0.3 is 55.3 Å². The van der Waals surface area contributed by atoms with Crippen LogP contribution < -0.4 is 30.9 Å². The summed E-state index contributed by atoms with van der Waals surface area (Å²) < 4.78 is 66.4. The summed E-state index contributed by atoms with van der Waals surface area (Å²) in [6.07, 6.45) is 1.57. The molecule has 4 amide bonds. The van der Waals surface area contributed by atoms with Gasteiger partial charge >= 0.3 is 0 Å². The molecule has 0 bridgehead atoms. The van der Waals surface area contributed by atoms with Crippen LogP contribution in [0.1, 0.15) is 61.0 Å². The van der Waals surface area contributed by atoms with Crippen LogP contribution >= 0.6 is 34.8 Å². The standard InChI is InChI=1S/C66H68Cl3F3N10O8/c1-7-53(84)81-22-24-82(25-23-81)61-45-35-48(69)55(44-34-41(83)31-38-11-8-9-12-42(38)44)58(72)59(45)78-64(79-61)75-20-19-54(85)80(5)26-28-90-30-29-89-27-21-74-62(86)39-15-18-50(51(32-39)88-6)76-63(87)60-56(43-13-10-14-47(68)57(43)71)66(37-73,52(77-60)36-65(2,3)4)46-17-16-40(67)33-49(46)70/h7-18,31-35,52,56,60,77,83H,1,19-30,36H2,2-6H3,(H,74,86)(H,76,87)(H,75,78,79). The van der Waals surface area contributed by atoms with Gasteiger partial charge in [0.1, 0.15) is 39.9 Å². The van der Waals surface area contributed by atoms with Crippen molar-refractivity contribution in [3.8, 4) is 28.7 Å². The van der Waals surface area contributed by atoms with E-state index in [1.54, 1.807) is 24.1 Å². The number of aromatic nitrogens is 2. The molecule has 9 rings (SSSR count). The van der Waals surface area contributed by atoms with Crippen LogP contribution in [0.2, 0.25) is 15.1 Å². The van der Waals surface area contributed by atoms with E-state index >= 15 is 13.2 Å². The molecule has 472 valence electrons. The molecule has 2 aliphatic rings. The lowest BCUT2D eigenvalue weighted by Crippen LogP contribution is -2.48. The predicted octanol–water partition coefficient (Wildman–Crippen LogP) is 11.1. The third-order valence-corrected chi connectivity index (χ3v) is 16.8. The molecule has 2 aliphatic heterocycles. The van der Waals surface area contributed by atoms with Gasteiger partial charge in [0, 0.05) is 98.3 Å². The Kier molecular flexibility index (Phi) is 21.1. The van der Waals surface area contributed by atoms with E-state index in [2.05, 4.69) is 38.9 Å². The number of nitriles is 1. The van der Waals surface area contributed by atoms with Gasteiger partial charge in [-0.2, -0.15) is 10.2 Å². The molecule has 0 aliphatic carbocycles. The van der Waals surface area contributed by atoms with E-state index in [1.165, 1.54) is 72.7 Å². The van der Waals surface area contributed by atoms with Gasteiger partial charge in [-0.3, -0.25) is 19.2 Å². The lowest BCUT2D eigenvalue weighted by molar-refractivity contribution is -0.130. The fraction of sp³-hybridized carbons (Fsp3) is 0.348. The molecule has 2 saturated heterocycles. The number of nitrogens with one attached hydrogen (secondary N) is 4. The first-order chi connectivity index (χ1) is 43.1. The van der Waals surface area contributed by atoms with Crippen LogP contribution in [-0.2, 0) is 29.3 Å². The number of likely N-dealkylation sites (N-methyl/N-ethyl adjacent to an activating group) is 1. The molecule has 18 nitrogen and oxygen atoms in total. The van der Waals surface area contributed by atoms with Crippen molar-refractivity contribution in [1.29, 1.82) is 5.26 Å². The Labute approximate surface area is 534 Å². The van der Waals surface area contributed by atoms with Crippen LogP contribution in [0.4, 0.5) is 30.6 Å². The highest BCUT2D eigenvalue weighted by molar-refractivity contribution is 6.35. The normalized spacial score (nSPS) is 17.5. The molecular formula is C66H68Cl3F3N10O8. The van der Waals surface area contributed by atoms with Crippen molar-refractivity contribution in [3.05, 3.63) is 159 Å². The summed E-state index contributed by atoms with van der Waals surface area (Å²) in [4.78, 5) is 68.1. The van der Waals surface area contributed by atoms with Crippen LogP contribution in [0.15, 0.2) is 110 Å². The first-order valence-corrected chi connectivity index (χ1v) is 30.3. The number of nitrogens with zero attached hydrogens (tertiary/aromatic N) is 6. The number of phenols is 1. The number of methoxy groups -OCH3 is 1. The maximum atomic E-state index is 17.1. The third-order valence-electron chi connectivity index (χ3n) is 16.0. The van der Waals surface area contributed by atoms with E-state index in [4.69, 9.17) is 54.0 Å². The van der Waals surface area contributed by atoms with Crippen molar-refractivity contribution in [1.82, 2.24) is 30.4 Å². The second-order valence-corrected chi connectivity index (χ2v) is 24.4. The quantitative estimate of drug-likeness (QED) is 0.0297. The number of anilines is 3. The van der Waals surface area contributed by atoms with Crippen molar-refractivity contribution < 1.29 is 51.7 Å². The summed E-state index contributed by atoms with van der Waals surface area (Å²) in [5.74, 6) is -4.73. The smallest absolute Gasteiger partial charge is 0.251 e. The Morgan fingerprint density at radius 3 is 2.33 bits per heavy atom. The van der Waals surface area contributed by atoms with Crippen molar-refractivity contribution in [2.24, 2.45) is 5.41 Å². The summed E-state index contributed by atoms with van der Waals surface area (Å²) in [5.41, 5.74) is -1.66. The number of fused-ring (bicyclic) bond motifs is 2. The van der Waals surface area contributed by atoms with Gasteiger partial charge in [-0.05, 0) is 94.4 Å². The number of hydrogen-bond acceptors (Lipinski definition) is 14. The zero-order valence-electron chi connectivity index (χ0n) is 50.2. The molecule has 5 N–H and O–H groups in total. The second-order valence-electron chi connectivity index (χ2n) is 23.1. The van der Waals surface area contributed by atoms with E-state index in [-0.39, 0.29) is 137 Å². The van der Waals surface area contributed by atoms with Crippen LogP contribution in [-0.4, -0.2) is 147 Å². The summed E-state index contributed by atoms with van der Waals surface area (Å²) in [6.45, 7) is 12.2. The molecule has 3 heterocycles. The Morgan fingerprint density at radius 1 is 0.878 bits per heavy atom. The largest absolute Gasteiger partial charge is 0.508 e. The van der Waals surface area contributed by atoms with E-state index in [0.717, 1.165) is 6.07 Å². The number of carbonyl (C=O) groups excluding carboxylic acids is 4. The number of amides is 4. The van der Waals surface area contributed by atoms with Gasteiger partial charge in [0.2, 0.25) is 23.7 Å². The second kappa shape index (κ2) is 28.7. The molecule has 4 unspecified atom stereocenters. The monoisotopic (exact) mass is 1290 g/mol. The molecule has 7 aromatic rings. The first kappa shape index (κ1) is 66.2. The number of rotatable bonds is 23. The minimum Gasteiger partial charge on any atom is -0.508 e. The first-order valence-electron chi connectivity index (χ1n) is 29.1. The fourth-order valence-corrected chi connectivity index (χ4v) is 12.3.